The molecule has 1 N–H and O–H groups in total. The first-order valence-electron chi connectivity index (χ1n) is 10.0. The molecule has 0 saturated carbocycles. The van der Waals surface area contributed by atoms with Gasteiger partial charge in [0, 0.05) is 17.2 Å². The number of nitrogens with one attached hydrogen (secondary N) is 1. The number of halogens is 1. The van der Waals surface area contributed by atoms with Crippen LogP contribution in [-0.4, -0.2) is 17.0 Å². The smallest absolute Gasteiger partial charge is 0.349 e. The van der Waals surface area contributed by atoms with E-state index in [1.807, 2.05) is 73.7 Å². The highest BCUT2D eigenvalue weighted by Gasteiger charge is 2.58. The standard InChI is InChI=1S/C24H17ClN4O2/c1-14-6-12-17(13-7-14)29-23(24(30)31-27-29)20-22-21(15-8-10-16(25)11-9-15)28(22)19-5-3-2-4-18(19)26-20/h2-13,21-22H,1H3/p+1. The molecule has 31 heavy (non-hydrogen) atoms. The number of para-hydroxylation sites is 2. The Hall–Kier alpha value is -3.64. The molecule has 3 heterocycles. The molecule has 3 aromatic carbocycles. The number of benzene rings is 3. The molecule has 1 aromatic heterocycles. The van der Waals surface area contributed by atoms with Gasteiger partial charge in [-0.05, 0) is 46.7 Å². The predicted molar refractivity (Wildman–Crippen MR) is 119 cm³/mol. The molecule has 0 aliphatic carbocycles. The Bertz CT molecular complexity index is 1390. The number of hydrogen-bond acceptors (Lipinski definition) is 4. The number of fused-ring (bicyclic) bond motifs is 3. The maximum Gasteiger partial charge on any atom is 0.437 e. The Morgan fingerprint density at radius 3 is 2.52 bits per heavy atom. The van der Waals surface area contributed by atoms with Crippen LogP contribution in [0.3, 0.4) is 0 Å². The lowest BCUT2D eigenvalue weighted by molar-refractivity contribution is -0.671. The van der Waals surface area contributed by atoms with Crippen molar-refractivity contribution < 1.29 is 9.20 Å². The molecule has 2 unspecified atom stereocenters. The van der Waals surface area contributed by atoms with Gasteiger partial charge in [0.15, 0.2) is 0 Å². The van der Waals surface area contributed by atoms with Crippen molar-refractivity contribution in [1.29, 1.82) is 0 Å². The zero-order valence-corrected chi connectivity index (χ0v) is 17.4. The molecule has 7 heteroatoms. The van der Waals surface area contributed by atoms with Gasteiger partial charge >= 0.3 is 11.3 Å². The summed E-state index contributed by atoms with van der Waals surface area (Å²) in [7, 11) is 0. The fourth-order valence-corrected chi connectivity index (χ4v) is 4.47. The van der Waals surface area contributed by atoms with Gasteiger partial charge in [0.1, 0.15) is 11.8 Å². The van der Waals surface area contributed by atoms with E-state index in [1.165, 1.54) is 0 Å². The summed E-state index contributed by atoms with van der Waals surface area (Å²) in [6.07, 6.45) is 0. The summed E-state index contributed by atoms with van der Waals surface area (Å²) in [5.41, 5.74) is 5.61. The molecule has 4 aromatic rings. The van der Waals surface area contributed by atoms with E-state index in [0.29, 0.717) is 16.4 Å². The first-order valence-corrected chi connectivity index (χ1v) is 10.4. The van der Waals surface area contributed by atoms with Crippen molar-refractivity contribution in [3.8, 4) is 5.69 Å². The zero-order chi connectivity index (χ0) is 21.1. The third-order valence-electron chi connectivity index (χ3n) is 5.88. The van der Waals surface area contributed by atoms with Crippen molar-refractivity contribution in [2.45, 2.75) is 19.0 Å². The number of aryl methyl sites for hydroxylation is 1. The van der Waals surface area contributed by atoms with E-state index in [2.05, 4.69) is 16.2 Å². The van der Waals surface area contributed by atoms with E-state index in [0.717, 1.165) is 28.2 Å². The highest BCUT2D eigenvalue weighted by Crippen LogP contribution is 2.54. The maximum absolute atomic E-state index is 12.8. The summed E-state index contributed by atoms with van der Waals surface area (Å²) in [6, 6.07) is 23.7. The van der Waals surface area contributed by atoms with Gasteiger partial charge in [-0.1, -0.05) is 53.6 Å². The lowest BCUT2D eigenvalue weighted by Gasteiger charge is -2.14. The van der Waals surface area contributed by atoms with Crippen LogP contribution in [0.4, 0.5) is 11.4 Å². The van der Waals surface area contributed by atoms with Crippen molar-refractivity contribution in [3.05, 3.63) is 105 Å². The first kappa shape index (κ1) is 18.2. The number of nitrogens with zero attached hydrogens (tertiary/aromatic N) is 3. The van der Waals surface area contributed by atoms with Crippen LogP contribution in [-0.2, 0) is 0 Å². The molecule has 6 rings (SSSR count). The van der Waals surface area contributed by atoms with E-state index in [4.69, 9.17) is 21.1 Å². The van der Waals surface area contributed by atoms with E-state index in [-0.39, 0.29) is 12.1 Å². The number of hydrogen-bond donors (Lipinski definition) is 1. The van der Waals surface area contributed by atoms with Crippen LogP contribution in [0, 0.1) is 6.92 Å². The summed E-state index contributed by atoms with van der Waals surface area (Å²) in [6.45, 7) is 2.02. The van der Waals surface area contributed by atoms with Gasteiger partial charge < -0.3 is 4.90 Å². The summed E-state index contributed by atoms with van der Waals surface area (Å²) >= 11 is 6.10. The second kappa shape index (κ2) is 6.68. The molecule has 2 aliphatic rings. The van der Waals surface area contributed by atoms with Crippen LogP contribution < -0.4 is 15.2 Å². The lowest BCUT2D eigenvalue weighted by atomic mass is 10.1. The first-order chi connectivity index (χ1) is 15.1. The number of aliphatic imine (C=N–C) groups is 1. The summed E-state index contributed by atoms with van der Waals surface area (Å²) < 4.78 is 6.88. The number of H-pyrrole nitrogens is 1. The average molecular weight is 430 g/mol. The highest BCUT2D eigenvalue weighted by molar-refractivity contribution is 6.30. The molecule has 0 radical (unpaired) electrons. The van der Waals surface area contributed by atoms with Crippen LogP contribution in [0.25, 0.3) is 5.69 Å². The number of aromatic amines is 1. The highest BCUT2D eigenvalue weighted by atomic mass is 35.5. The molecular weight excluding hydrogens is 412 g/mol. The summed E-state index contributed by atoms with van der Waals surface area (Å²) in [5.74, 6) is 0. The van der Waals surface area contributed by atoms with Crippen LogP contribution in [0.5, 0.6) is 0 Å². The van der Waals surface area contributed by atoms with Gasteiger partial charge in [-0.25, -0.2) is 9.79 Å². The second-order valence-corrected chi connectivity index (χ2v) is 8.27. The van der Waals surface area contributed by atoms with Crippen LogP contribution >= 0.6 is 11.6 Å². The van der Waals surface area contributed by atoms with Gasteiger partial charge in [0.05, 0.1) is 17.4 Å². The Morgan fingerprint density at radius 2 is 1.74 bits per heavy atom. The molecule has 0 amide bonds. The molecule has 6 nitrogen and oxygen atoms in total. The van der Waals surface area contributed by atoms with E-state index < -0.39 is 5.63 Å². The number of anilines is 1. The molecule has 2 atom stereocenters. The molecular formula is C24H18ClN4O2+. The Kier molecular flexibility index (Phi) is 3.91. The molecule has 152 valence electrons. The van der Waals surface area contributed by atoms with Crippen molar-refractivity contribution in [2.75, 3.05) is 4.90 Å². The van der Waals surface area contributed by atoms with Crippen molar-refractivity contribution >= 4 is 28.7 Å². The molecule has 0 spiro atoms. The average Bonchev–Trinajstić information content (AvgIpc) is 3.42. The predicted octanol–water partition coefficient (Wildman–Crippen LogP) is 4.27. The largest absolute Gasteiger partial charge is 0.437 e. The van der Waals surface area contributed by atoms with Crippen molar-refractivity contribution in [2.24, 2.45) is 4.99 Å². The minimum absolute atomic E-state index is 0.0635. The van der Waals surface area contributed by atoms with Gasteiger partial charge in [0.2, 0.25) is 5.69 Å². The third-order valence-corrected chi connectivity index (χ3v) is 6.13. The summed E-state index contributed by atoms with van der Waals surface area (Å²) in [4.78, 5) is 20.0. The van der Waals surface area contributed by atoms with Gasteiger partial charge in [0.25, 0.3) is 0 Å². The minimum atomic E-state index is -0.444. The van der Waals surface area contributed by atoms with Crippen LogP contribution in [0.2, 0.25) is 5.02 Å². The van der Waals surface area contributed by atoms with Crippen molar-refractivity contribution in [3.63, 3.8) is 0 Å². The Balaban J connectivity index is 1.52. The second-order valence-electron chi connectivity index (χ2n) is 7.83. The van der Waals surface area contributed by atoms with Crippen molar-refractivity contribution in [1.82, 2.24) is 5.27 Å². The number of rotatable bonds is 3. The van der Waals surface area contributed by atoms with E-state index in [9.17, 15) is 4.79 Å². The van der Waals surface area contributed by atoms with Gasteiger partial charge in [-0.3, -0.25) is 4.52 Å². The van der Waals surface area contributed by atoms with Crippen LogP contribution in [0.1, 0.15) is 22.9 Å². The minimum Gasteiger partial charge on any atom is -0.349 e. The maximum atomic E-state index is 12.8. The monoisotopic (exact) mass is 429 g/mol. The molecule has 1 fully saturated rings. The number of aromatic nitrogens is 2. The fraction of sp³-hybridized carbons (Fsp3) is 0.125. The molecule has 2 aliphatic heterocycles. The fourth-order valence-electron chi connectivity index (χ4n) is 4.35. The van der Waals surface area contributed by atoms with Crippen LogP contribution in [0.15, 0.2) is 87.1 Å². The Morgan fingerprint density at radius 1 is 1.00 bits per heavy atom. The normalized spacial score (nSPS) is 18.9. The Labute approximate surface area is 183 Å². The van der Waals surface area contributed by atoms with Gasteiger partial charge in [-0.15, -0.1) is 0 Å². The zero-order valence-electron chi connectivity index (χ0n) is 16.6. The third kappa shape index (κ3) is 2.83. The quantitative estimate of drug-likeness (QED) is 0.390. The summed E-state index contributed by atoms with van der Waals surface area (Å²) in [5, 5.41) is 3.44. The lowest BCUT2D eigenvalue weighted by Crippen LogP contribution is -2.43. The SMILES string of the molecule is Cc1ccc(-[n+]2[nH]oc(=O)c2C2=Nc3ccccc3N3C2C3c2ccc(Cl)cc2)cc1. The van der Waals surface area contributed by atoms with Gasteiger partial charge in [-0.2, -0.15) is 0 Å². The van der Waals surface area contributed by atoms with E-state index >= 15 is 0 Å². The van der Waals surface area contributed by atoms with E-state index in [1.54, 1.807) is 4.68 Å². The topological polar surface area (TPSA) is 65.2 Å². The molecule has 1 saturated heterocycles. The molecule has 0 bridgehead atoms.